The minimum atomic E-state index is 0. The molecule has 0 heterocycles. The Labute approximate surface area is 183 Å². The van der Waals surface area contributed by atoms with Crippen molar-refractivity contribution in [3.8, 4) is 11.5 Å². The third-order valence-corrected chi connectivity index (χ3v) is 4.55. The first-order valence-electron chi connectivity index (χ1n) is 9.06. The van der Waals surface area contributed by atoms with Crippen LogP contribution in [0.1, 0.15) is 31.4 Å². The monoisotopic (exact) mass is 447 g/mol. The second-order valence-corrected chi connectivity index (χ2v) is 7.25. The fourth-order valence-electron chi connectivity index (χ4n) is 2.53. The fourth-order valence-corrected chi connectivity index (χ4v) is 3.01. The molecule has 7 heteroatoms. The predicted molar refractivity (Wildman–Crippen MR) is 118 cm³/mol. The highest BCUT2D eigenvalue weighted by molar-refractivity contribution is 6.32. The molecular weight excluding hydrogens is 421 g/mol. The molecule has 156 valence electrons. The van der Waals surface area contributed by atoms with E-state index in [2.05, 4.69) is 5.32 Å². The molecule has 28 heavy (non-hydrogen) atoms. The first kappa shape index (κ1) is 24.9. The topological polar surface area (TPSA) is 39.7 Å². The zero-order valence-electron chi connectivity index (χ0n) is 16.5. The van der Waals surface area contributed by atoms with Crippen LogP contribution in [-0.2, 0) is 17.9 Å². The number of benzene rings is 2. The molecule has 0 amide bonds. The Kier molecular flexibility index (Phi) is 11.7. The summed E-state index contributed by atoms with van der Waals surface area (Å²) in [4.78, 5) is 0. The van der Waals surface area contributed by atoms with E-state index in [-0.39, 0.29) is 18.5 Å². The number of methoxy groups -OCH3 is 1. The Morgan fingerprint density at radius 3 is 2.50 bits per heavy atom. The van der Waals surface area contributed by atoms with Gasteiger partial charge in [-0.1, -0.05) is 41.4 Å². The standard InChI is InChI=1S/C21H27Cl2NO3.ClH/c1-15(2)26-10-6-9-24-13-16-11-19(23)21(20(12-16)25-3)27-14-17-7-4-5-8-18(17)22;/h4-5,7-8,11-12,15,24H,6,9-10,13-14H2,1-3H3;1H. The summed E-state index contributed by atoms with van der Waals surface area (Å²) < 4.78 is 16.9. The zero-order chi connectivity index (χ0) is 19.6. The maximum atomic E-state index is 6.43. The van der Waals surface area contributed by atoms with Gasteiger partial charge in [0.2, 0.25) is 0 Å². The molecule has 0 aliphatic carbocycles. The molecule has 0 saturated carbocycles. The van der Waals surface area contributed by atoms with Gasteiger partial charge in [-0.3, -0.25) is 0 Å². The van der Waals surface area contributed by atoms with E-state index in [0.717, 1.165) is 30.7 Å². The van der Waals surface area contributed by atoms with Crippen molar-refractivity contribution in [2.45, 2.75) is 39.5 Å². The highest BCUT2D eigenvalue weighted by atomic mass is 35.5. The Hall–Kier alpha value is -1.17. The first-order chi connectivity index (χ1) is 13.0. The van der Waals surface area contributed by atoms with Crippen LogP contribution >= 0.6 is 35.6 Å². The van der Waals surface area contributed by atoms with Crippen molar-refractivity contribution in [2.24, 2.45) is 0 Å². The molecule has 1 N–H and O–H groups in total. The van der Waals surface area contributed by atoms with E-state index in [0.29, 0.717) is 34.7 Å². The number of hydrogen-bond donors (Lipinski definition) is 1. The molecule has 0 bridgehead atoms. The minimum Gasteiger partial charge on any atom is -0.493 e. The van der Waals surface area contributed by atoms with Gasteiger partial charge in [-0.15, -0.1) is 12.4 Å². The van der Waals surface area contributed by atoms with Gasteiger partial charge in [0.1, 0.15) is 6.61 Å². The van der Waals surface area contributed by atoms with Crippen LogP contribution in [0.5, 0.6) is 11.5 Å². The number of rotatable bonds is 11. The van der Waals surface area contributed by atoms with Crippen molar-refractivity contribution >= 4 is 35.6 Å². The van der Waals surface area contributed by atoms with E-state index in [1.54, 1.807) is 7.11 Å². The molecule has 0 spiro atoms. The van der Waals surface area contributed by atoms with Gasteiger partial charge in [0.05, 0.1) is 18.2 Å². The Morgan fingerprint density at radius 1 is 1.07 bits per heavy atom. The SMILES string of the molecule is COc1cc(CNCCCOC(C)C)cc(Cl)c1OCc1ccccc1Cl.Cl. The number of halogens is 3. The van der Waals surface area contributed by atoms with Crippen LogP contribution in [0.4, 0.5) is 0 Å². The van der Waals surface area contributed by atoms with E-state index < -0.39 is 0 Å². The van der Waals surface area contributed by atoms with Gasteiger partial charge in [-0.05, 0) is 50.6 Å². The molecule has 0 aliphatic heterocycles. The summed E-state index contributed by atoms with van der Waals surface area (Å²) in [5.74, 6) is 1.13. The van der Waals surface area contributed by atoms with E-state index in [1.807, 2.05) is 50.2 Å². The largest absolute Gasteiger partial charge is 0.493 e. The maximum absolute atomic E-state index is 6.43. The highest BCUT2D eigenvalue weighted by Crippen LogP contribution is 2.37. The highest BCUT2D eigenvalue weighted by Gasteiger charge is 2.13. The lowest BCUT2D eigenvalue weighted by Crippen LogP contribution is -2.17. The number of hydrogen-bond acceptors (Lipinski definition) is 4. The summed E-state index contributed by atoms with van der Waals surface area (Å²) in [5.41, 5.74) is 1.93. The van der Waals surface area contributed by atoms with Gasteiger partial charge in [0.15, 0.2) is 11.5 Å². The Balaban J connectivity index is 0.00000392. The molecule has 0 radical (unpaired) electrons. The molecule has 0 aliphatic rings. The van der Waals surface area contributed by atoms with Crippen molar-refractivity contribution in [2.75, 3.05) is 20.3 Å². The predicted octanol–water partition coefficient (Wildman–Crippen LogP) is 5.91. The van der Waals surface area contributed by atoms with Gasteiger partial charge in [-0.25, -0.2) is 0 Å². The molecule has 2 rings (SSSR count). The second-order valence-electron chi connectivity index (χ2n) is 6.44. The average molecular weight is 449 g/mol. The van der Waals surface area contributed by atoms with Gasteiger partial charge < -0.3 is 19.5 Å². The summed E-state index contributed by atoms with van der Waals surface area (Å²) in [6.45, 7) is 6.72. The summed E-state index contributed by atoms with van der Waals surface area (Å²) in [6, 6.07) is 11.4. The van der Waals surface area contributed by atoms with Gasteiger partial charge in [0.25, 0.3) is 0 Å². The normalized spacial score (nSPS) is 10.6. The molecule has 0 unspecified atom stereocenters. The average Bonchev–Trinajstić information content (AvgIpc) is 2.64. The molecule has 4 nitrogen and oxygen atoms in total. The van der Waals surface area contributed by atoms with Crippen molar-refractivity contribution < 1.29 is 14.2 Å². The van der Waals surface area contributed by atoms with Crippen LogP contribution in [0.15, 0.2) is 36.4 Å². The van der Waals surface area contributed by atoms with E-state index in [4.69, 9.17) is 37.4 Å². The lowest BCUT2D eigenvalue weighted by Gasteiger charge is -2.15. The fraction of sp³-hybridized carbons (Fsp3) is 0.429. The minimum absolute atomic E-state index is 0. The Morgan fingerprint density at radius 2 is 1.82 bits per heavy atom. The Bertz CT molecular complexity index is 726. The molecule has 0 fully saturated rings. The van der Waals surface area contributed by atoms with Crippen LogP contribution in [0.2, 0.25) is 10.0 Å². The van der Waals surface area contributed by atoms with Gasteiger partial charge in [0, 0.05) is 23.7 Å². The van der Waals surface area contributed by atoms with Crippen LogP contribution in [0.3, 0.4) is 0 Å². The zero-order valence-corrected chi connectivity index (χ0v) is 18.8. The van der Waals surface area contributed by atoms with Crippen LogP contribution in [0.25, 0.3) is 0 Å². The van der Waals surface area contributed by atoms with Crippen LogP contribution < -0.4 is 14.8 Å². The number of nitrogens with one attached hydrogen (secondary N) is 1. The van der Waals surface area contributed by atoms with Gasteiger partial charge >= 0.3 is 0 Å². The van der Waals surface area contributed by atoms with Crippen molar-refractivity contribution in [3.63, 3.8) is 0 Å². The smallest absolute Gasteiger partial charge is 0.180 e. The van der Waals surface area contributed by atoms with Crippen LogP contribution in [0, 0.1) is 0 Å². The van der Waals surface area contributed by atoms with Crippen molar-refractivity contribution in [1.82, 2.24) is 5.32 Å². The lowest BCUT2D eigenvalue weighted by atomic mass is 10.2. The number of ether oxygens (including phenoxy) is 3. The van der Waals surface area contributed by atoms with E-state index in [9.17, 15) is 0 Å². The summed E-state index contributed by atoms with van der Waals surface area (Å²) >= 11 is 12.6. The summed E-state index contributed by atoms with van der Waals surface area (Å²) in [6.07, 6.45) is 1.23. The van der Waals surface area contributed by atoms with Crippen LogP contribution in [-0.4, -0.2) is 26.4 Å². The molecule has 2 aromatic rings. The van der Waals surface area contributed by atoms with Gasteiger partial charge in [-0.2, -0.15) is 0 Å². The quantitative estimate of drug-likeness (QED) is 0.434. The molecule has 2 aromatic carbocycles. The summed E-state index contributed by atoms with van der Waals surface area (Å²) in [7, 11) is 1.61. The maximum Gasteiger partial charge on any atom is 0.180 e. The molecular formula is C21H28Cl3NO3. The van der Waals surface area contributed by atoms with Crippen molar-refractivity contribution in [3.05, 3.63) is 57.6 Å². The first-order valence-corrected chi connectivity index (χ1v) is 9.81. The van der Waals surface area contributed by atoms with E-state index in [1.165, 1.54) is 0 Å². The molecule has 0 aromatic heterocycles. The van der Waals surface area contributed by atoms with E-state index >= 15 is 0 Å². The lowest BCUT2D eigenvalue weighted by molar-refractivity contribution is 0.0770. The third-order valence-electron chi connectivity index (χ3n) is 3.90. The summed E-state index contributed by atoms with van der Waals surface area (Å²) in [5, 5.41) is 4.56. The van der Waals surface area contributed by atoms with Crippen molar-refractivity contribution in [1.29, 1.82) is 0 Å². The third kappa shape index (κ3) is 8.06. The molecule has 0 atom stereocenters. The molecule has 0 saturated heterocycles. The second kappa shape index (κ2) is 13.1.